The number of ether oxygens (including phenoxy) is 2. The molecular weight excluding hydrogens is 342 g/mol. The lowest BCUT2D eigenvalue weighted by Crippen LogP contribution is -2.37. The van der Waals surface area contributed by atoms with E-state index < -0.39 is 0 Å². The molecule has 1 amide bonds. The van der Waals surface area contributed by atoms with Crippen LogP contribution in [0.3, 0.4) is 0 Å². The van der Waals surface area contributed by atoms with Gasteiger partial charge in [-0.25, -0.2) is 0 Å². The summed E-state index contributed by atoms with van der Waals surface area (Å²) in [6.07, 6.45) is 1.81. The molecule has 2 aromatic rings. The summed E-state index contributed by atoms with van der Waals surface area (Å²) in [4.78, 5) is 25.6. The standard InChI is InChI=1S/C22H25NO4/c1-16-3-7-20(8-4-16)27-21-9-5-17(6-10-21)12-22(25)23-13-18(15-26-2)11-19(23)14-24/h3-10,14,18-19H,11-13,15H2,1-2H3. The van der Waals surface area contributed by atoms with Gasteiger partial charge in [0.25, 0.3) is 0 Å². The summed E-state index contributed by atoms with van der Waals surface area (Å²) in [5.41, 5.74) is 2.08. The van der Waals surface area contributed by atoms with Crippen LogP contribution in [0.1, 0.15) is 17.5 Å². The smallest absolute Gasteiger partial charge is 0.227 e. The molecule has 0 aliphatic carbocycles. The molecule has 5 heteroatoms. The van der Waals surface area contributed by atoms with Gasteiger partial charge in [0.05, 0.1) is 19.1 Å². The summed E-state index contributed by atoms with van der Waals surface area (Å²) < 4.78 is 11.0. The van der Waals surface area contributed by atoms with Crippen molar-refractivity contribution in [1.29, 1.82) is 0 Å². The zero-order chi connectivity index (χ0) is 19.2. The number of hydrogen-bond acceptors (Lipinski definition) is 4. The molecule has 1 heterocycles. The first-order valence-electron chi connectivity index (χ1n) is 9.16. The number of aryl methyl sites for hydroxylation is 1. The van der Waals surface area contributed by atoms with Crippen LogP contribution in [-0.2, 0) is 20.7 Å². The number of likely N-dealkylation sites (tertiary alicyclic amines) is 1. The highest BCUT2D eigenvalue weighted by molar-refractivity contribution is 5.82. The van der Waals surface area contributed by atoms with Crippen molar-refractivity contribution in [2.75, 3.05) is 20.3 Å². The molecule has 0 aromatic heterocycles. The number of hydrogen-bond donors (Lipinski definition) is 0. The summed E-state index contributed by atoms with van der Waals surface area (Å²) in [6, 6.07) is 15.0. The predicted octanol–water partition coefficient (Wildman–Crippen LogP) is 3.39. The summed E-state index contributed by atoms with van der Waals surface area (Å²) in [6.45, 7) is 3.17. The van der Waals surface area contributed by atoms with E-state index in [1.807, 2.05) is 55.5 Å². The Morgan fingerprint density at radius 3 is 2.33 bits per heavy atom. The number of amides is 1. The van der Waals surface area contributed by atoms with Crippen molar-refractivity contribution >= 4 is 12.2 Å². The van der Waals surface area contributed by atoms with Crippen molar-refractivity contribution in [1.82, 2.24) is 4.90 Å². The zero-order valence-corrected chi connectivity index (χ0v) is 15.8. The highest BCUT2D eigenvalue weighted by Gasteiger charge is 2.34. The van der Waals surface area contributed by atoms with E-state index in [0.29, 0.717) is 19.6 Å². The Balaban J connectivity index is 1.59. The number of nitrogens with zero attached hydrogens (tertiary/aromatic N) is 1. The van der Waals surface area contributed by atoms with Gasteiger partial charge in [0.1, 0.15) is 17.8 Å². The first-order valence-corrected chi connectivity index (χ1v) is 9.16. The summed E-state index contributed by atoms with van der Waals surface area (Å²) in [5, 5.41) is 0. The third-order valence-electron chi connectivity index (χ3n) is 4.85. The van der Waals surface area contributed by atoms with E-state index in [1.54, 1.807) is 12.0 Å². The molecule has 1 aliphatic rings. The highest BCUT2D eigenvalue weighted by atomic mass is 16.5. The Bertz CT molecular complexity index is 770. The number of methoxy groups -OCH3 is 1. The molecule has 27 heavy (non-hydrogen) atoms. The third kappa shape index (κ3) is 4.95. The predicted molar refractivity (Wildman–Crippen MR) is 103 cm³/mol. The molecule has 1 aliphatic heterocycles. The molecule has 0 saturated carbocycles. The van der Waals surface area contributed by atoms with E-state index in [-0.39, 0.29) is 24.3 Å². The van der Waals surface area contributed by atoms with Gasteiger partial charge in [-0.05, 0) is 43.2 Å². The van der Waals surface area contributed by atoms with Crippen LogP contribution in [0.5, 0.6) is 11.5 Å². The van der Waals surface area contributed by atoms with Gasteiger partial charge in [-0.1, -0.05) is 29.8 Å². The van der Waals surface area contributed by atoms with Crippen molar-refractivity contribution in [3.8, 4) is 11.5 Å². The topological polar surface area (TPSA) is 55.8 Å². The Morgan fingerprint density at radius 2 is 1.74 bits per heavy atom. The van der Waals surface area contributed by atoms with E-state index in [4.69, 9.17) is 9.47 Å². The van der Waals surface area contributed by atoms with Crippen LogP contribution < -0.4 is 4.74 Å². The van der Waals surface area contributed by atoms with Crippen molar-refractivity contribution in [2.24, 2.45) is 5.92 Å². The Kier molecular flexibility index (Phi) is 6.24. The van der Waals surface area contributed by atoms with Crippen LogP contribution in [0.15, 0.2) is 48.5 Å². The summed E-state index contributed by atoms with van der Waals surface area (Å²) in [7, 11) is 1.64. The molecule has 5 nitrogen and oxygen atoms in total. The second-order valence-electron chi connectivity index (χ2n) is 7.04. The number of aldehydes is 1. The van der Waals surface area contributed by atoms with Gasteiger partial charge in [-0.15, -0.1) is 0 Å². The monoisotopic (exact) mass is 367 g/mol. The Hall–Kier alpha value is -2.66. The number of rotatable bonds is 7. The van der Waals surface area contributed by atoms with E-state index in [9.17, 15) is 9.59 Å². The first kappa shape index (κ1) is 19.1. The fraction of sp³-hybridized carbons (Fsp3) is 0.364. The largest absolute Gasteiger partial charge is 0.457 e. The van der Waals surface area contributed by atoms with Crippen LogP contribution in [0, 0.1) is 12.8 Å². The molecule has 3 rings (SSSR count). The molecule has 0 N–H and O–H groups in total. The van der Waals surface area contributed by atoms with Crippen LogP contribution in [0.2, 0.25) is 0 Å². The lowest BCUT2D eigenvalue weighted by atomic mass is 10.1. The molecule has 0 bridgehead atoms. The maximum atomic E-state index is 12.6. The molecule has 1 saturated heterocycles. The molecule has 0 radical (unpaired) electrons. The fourth-order valence-corrected chi connectivity index (χ4v) is 3.42. The van der Waals surface area contributed by atoms with Crippen molar-refractivity contribution in [3.05, 3.63) is 59.7 Å². The van der Waals surface area contributed by atoms with Crippen molar-refractivity contribution in [2.45, 2.75) is 25.8 Å². The SMILES string of the molecule is COCC1CC(C=O)N(C(=O)Cc2ccc(Oc3ccc(C)cc3)cc2)C1. The third-order valence-corrected chi connectivity index (χ3v) is 4.85. The second-order valence-corrected chi connectivity index (χ2v) is 7.04. The molecule has 142 valence electrons. The minimum Gasteiger partial charge on any atom is -0.457 e. The highest BCUT2D eigenvalue weighted by Crippen LogP contribution is 2.25. The second kappa shape index (κ2) is 8.82. The van der Waals surface area contributed by atoms with Crippen molar-refractivity contribution in [3.63, 3.8) is 0 Å². The van der Waals surface area contributed by atoms with E-state index in [2.05, 4.69) is 0 Å². The molecule has 2 aromatic carbocycles. The van der Waals surface area contributed by atoms with Gasteiger partial charge in [0, 0.05) is 19.6 Å². The lowest BCUT2D eigenvalue weighted by Gasteiger charge is -2.20. The molecule has 2 unspecified atom stereocenters. The quantitative estimate of drug-likeness (QED) is 0.704. The van der Waals surface area contributed by atoms with Gasteiger partial charge in [0.15, 0.2) is 0 Å². The van der Waals surface area contributed by atoms with Crippen LogP contribution in [0.4, 0.5) is 0 Å². The zero-order valence-electron chi connectivity index (χ0n) is 15.8. The summed E-state index contributed by atoms with van der Waals surface area (Å²) in [5.74, 6) is 1.69. The fourth-order valence-electron chi connectivity index (χ4n) is 3.42. The average molecular weight is 367 g/mol. The molecule has 1 fully saturated rings. The van der Waals surface area contributed by atoms with Gasteiger partial charge in [-0.2, -0.15) is 0 Å². The van der Waals surface area contributed by atoms with Crippen molar-refractivity contribution < 1.29 is 19.1 Å². The normalized spacial score (nSPS) is 19.1. The molecule has 2 atom stereocenters. The molecular formula is C22H25NO4. The Labute approximate surface area is 159 Å². The van der Waals surface area contributed by atoms with Gasteiger partial charge >= 0.3 is 0 Å². The molecule has 0 spiro atoms. The minimum atomic E-state index is -0.346. The van der Waals surface area contributed by atoms with E-state index in [1.165, 1.54) is 5.56 Å². The van der Waals surface area contributed by atoms with E-state index in [0.717, 1.165) is 23.3 Å². The number of carbonyl (C=O) groups excluding carboxylic acids is 2. The van der Waals surface area contributed by atoms with Crippen LogP contribution in [0.25, 0.3) is 0 Å². The maximum Gasteiger partial charge on any atom is 0.227 e. The summed E-state index contributed by atoms with van der Waals surface area (Å²) >= 11 is 0. The maximum absolute atomic E-state index is 12.6. The average Bonchev–Trinajstić information content (AvgIpc) is 3.09. The van der Waals surface area contributed by atoms with E-state index >= 15 is 0 Å². The number of carbonyl (C=O) groups is 2. The Morgan fingerprint density at radius 1 is 1.11 bits per heavy atom. The first-order chi connectivity index (χ1) is 13.1. The number of benzene rings is 2. The van der Waals surface area contributed by atoms with Gasteiger partial charge in [0.2, 0.25) is 5.91 Å². The van der Waals surface area contributed by atoms with Crippen LogP contribution in [-0.4, -0.2) is 43.4 Å². The minimum absolute atomic E-state index is 0.0297. The van der Waals surface area contributed by atoms with Gasteiger partial charge < -0.3 is 19.2 Å². The lowest BCUT2D eigenvalue weighted by molar-refractivity contribution is -0.134. The van der Waals surface area contributed by atoms with Gasteiger partial charge in [-0.3, -0.25) is 4.79 Å². The van der Waals surface area contributed by atoms with Crippen LogP contribution >= 0.6 is 0 Å².